The molecule has 0 N–H and O–H groups in total. The van der Waals surface area contributed by atoms with Crippen LogP contribution in [0, 0.1) is 24.4 Å². The average Bonchev–Trinajstić information content (AvgIpc) is 2.59. The van der Waals surface area contributed by atoms with Gasteiger partial charge in [-0.15, -0.1) is 0 Å². The average molecular weight is 382 g/mol. The molecule has 0 spiro atoms. The highest BCUT2D eigenvalue weighted by Gasteiger charge is 2.21. The summed E-state index contributed by atoms with van der Waals surface area (Å²) in [6, 6.07) is 0.752. The Kier molecular flexibility index (Phi) is 5.18. The molecule has 136 valence electrons. The molecule has 0 atom stereocenters. The van der Waals surface area contributed by atoms with Crippen LogP contribution in [0.2, 0.25) is 5.15 Å². The highest BCUT2D eigenvalue weighted by Crippen LogP contribution is 2.32. The van der Waals surface area contributed by atoms with E-state index < -0.39 is 17.5 Å². The van der Waals surface area contributed by atoms with Crippen molar-refractivity contribution in [3.63, 3.8) is 0 Å². The molecule has 4 nitrogen and oxygen atoms in total. The van der Waals surface area contributed by atoms with Crippen molar-refractivity contribution in [3.8, 4) is 0 Å². The third-order valence-corrected chi connectivity index (χ3v) is 4.18. The Labute approximate surface area is 153 Å². The highest BCUT2D eigenvalue weighted by molar-refractivity contribution is 6.29. The number of aromatic nitrogens is 2. The van der Waals surface area contributed by atoms with E-state index >= 15 is 0 Å². The molecule has 26 heavy (non-hydrogen) atoms. The van der Waals surface area contributed by atoms with Crippen LogP contribution < -0.4 is 4.90 Å². The number of aryl methyl sites for hydroxylation is 1. The summed E-state index contributed by atoms with van der Waals surface area (Å²) in [4.78, 5) is 9.20. The number of hydrogen-bond acceptors (Lipinski definition) is 4. The summed E-state index contributed by atoms with van der Waals surface area (Å²) in [5, 5.41) is -0.192. The minimum absolute atomic E-state index is 0.00332. The Hall–Kier alpha value is -2.54. The zero-order valence-corrected chi connectivity index (χ0v) is 14.8. The van der Waals surface area contributed by atoms with Crippen LogP contribution >= 0.6 is 11.6 Å². The number of ether oxygens (including phenoxy) is 1. The van der Waals surface area contributed by atoms with Crippen molar-refractivity contribution < 1.29 is 17.9 Å². The minimum atomic E-state index is -0.770. The molecular formula is C18H15ClF3N3O. The van der Waals surface area contributed by atoms with E-state index in [9.17, 15) is 13.2 Å². The molecular weight excluding hydrogens is 367 g/mol. The van der Waals surface area contributed by atoms with Crippen LogP contribution in [0.4, 0.5) is 18.9 Å². The predicted octanol–water partition coefficient (Wildman–Crippen LogP) is 4.68. The first-order valence-corrected chi connectivity index (χ1v) is 8.14. The molecule has 0 amide bonds. The van der Waals surface area contributed by atoms with E-state index in [1.165, 1.54) is 6.20 Å². The van der Waals surface area contributed by atoms with Crippen molar-refractivity contribution in [2.24, 2.45) is 0 Å². The maximum Gasteiger partial charge on any atom is 0.184 e. The smallest absolute Gasteiger partial charge is 0.184 e. The molecule has 8 heteroatoms. The Morgan fingerprint density at radius 1 is 1.19 bits per heavy atom. The molecule has 0 saturated heterocycles. The third kappa shape index (κ3) is 3.67. The van der Waals surface area contributed by atoms with Gasteiger partial charge in [-0.05, 0) is 31.6 Å². The van der Waals surface area contributed by atoms with E-state index in [2.05, 4.69) is 9.97 Å². The van der Waals surface area contributed by atoms with Gasteiger partial charge in [0.2, 0.25) is 0 Å². The first-order chi connectivity index (χ1) is 12.4. The quantitative estimate of drug-likeness (QED) is 0.721. The molecule has 2 aromatic rings. The summed E-state index contributed by atoms with van der Waals surface area (Å²) >= 11 is 5.78. The van der Waals surface area contributed by atoms with Crippen molar-refractivity contribution >= 4 is 17.3 Å². The molecule has 3 heterocycles. The van der Waals surface area contributed by atoms with Gasteiger partial charge in [0, 0.05) is 24.5 Å². The summed E-state index contributed by atoms with van der Waals surface area (Å²) in [7, 11) is 0. The van der Waals surface area contributed by atoms with E-state index in [0.29, 0.717) is 23.6 Å². The molecule has 0 saturated carbocycles. The lowest BCUT2D eigenvalue weighted by molar-refractivity contribution is 0.201. The lowest BCUT2D eigenvalue weighted by Gasteiger charge is -2.29. The van der Waals surface area contributed by atoms with Gasteiger partial charge in [0.05, 0.1) is 11.9 Å². The molecule has 1 aliphatic rings. The molecule has 1 aliphatic heterocycles. The number of pyridine rings is 2. The van der Waals surface area contributed by atoms with Gasteiger partial charge in [-0.25, -0.2) is 18.2 Å². The normalized spacial score (nSPS) is 14.2. The fourth-order valence-corrected chi connectivity index (χ4v) is 2.75. The van der Waals surface area contributed by atoms with Crippen LogP contribution in [0.5, 0.6) is 0 Å². The van der Waals surface area contributed by atoms with Crippen LogP contribution in [-0.2, 0) is 11.3 Å². The fourth-order valence-electron chi connectivity index (χ4n) is 2.61. The summed E-state index contributed by atoms with van der Waals surface area (Å²) in [5.41, 5.74) is 1.72. The second-order valence-corrected chi connectivity index (χ2v) is 6.13. The maximum atomic E-state index is 14.4. The van der Waals surface area contributed by atoms with Gasteiger partial charge in [-0.1, -0.05) is 11.6 Å². The second kappa shape index (κ2) is 7.37. The van der Waals surface area contributed by atoms with Crippen LogP contribution in [0.15, 0.2) is 42.1 Å². The van der Waals surface area contributed by atoms with Crippen molar-refractivity contribution in [2.75, 3.05) is 11.4 Å². The fraction of sp³-hybridized carbons (Fsp3) is 0.222. The van der Waals surface area contributed by atoms with Crippen molar-refractivity contribution in [3.05, 3.63) is 75.9 Å². The molecule has 0 bridgehead atoms. The first kappa shape index (κ1) is 18.3. The monoisotopic (exact) mass is 381 g/mol. The summed E-state index contributed by atoms with van der Waals surface area (Å²) in [6.07, 6.45) is 5.85. The van der Waals surface area contributed by atoms with Crippen molar-refractivity contribution in [2.45, 2.75) is 20.5 Å². The number of hydrogen-bond donors (Lipinski definition) is 0. The number of halogens is 4. The SMILES string of the molecule is CC1=CC(OCc2ncc(F)cc2F)=CCN1c1c(C)cnc(Cl)c1F. The summed E-state index contributed by atoms with van der Waals surface area (Å²) in [5.74, 6) is -1.62. The first-order valence-electron chi connectivity index (χ1n) is 7.76. The molecule has 2 aromatic heterocycles. The Morgan fingerprint density at radius 2 is 1.96 bits per heavy atom. The van der Waals surface area contributed by atoms with Crippen LogP contribution in [0.3, 0.4) is 0 Å². The van der Waals surface area contributed by atoms with E-state index in [0.717, 1.165) is 18.0 Å². The number of allylic oxidation sites excluding steroid dienone is 2. The standard InChI is InChI=1S/C18H15ClF3N3O/c1-10-7-24-18(19)16(22)17(10)25-4-3-13(5-11(25)2)26-9-15-14(21)6-12(20)8-23-15/h3,5-8H,4,9H2,1-2H3. The predicted molar refractivity (Wildman–Crippen MR) is 92.1 cm³/mol. The molecule has 0 radical (unpaired) electrons. The van der Waals surface area contributed by atoms with Gasteiger partial charge in [-0.2, -0.15) is 0 Å². The van der Waals surface area contributed by atoms with E-state index in [1.54, 1.807) is 30.9 Å². The Morgan fingerprint density at radius 3 is 2.65 bits per heavy atom. The topological polar surface area (TPSA) is 38.2 Å². The second-order valence-electron chi connectivity index (χ2n) is 5.77. The van der Waals surface area contributed by atoms with Gasteiger partial charge in [0.15, 0.2) is 16.8 Å². The minimum Gasteiger partial charge on any atom is -0.487 e. The molecule has 0 fully saturated rings. The lowest BCUT2D eigenvalue weighted by atomic mass is 10.1. The third-order valence-electron chi connectivity index (χ3n) is 3.92. The van der Waals surface area contributed by atoms with E-state index in [4.69, 9.17) is 16.3 Å². The maximum absolute atomic E-state index is 14.4. The summed E-state index contributed by atoms with van der Waals surface area (Å²) < 4.78 is 46.4. The molecule has 3 rings (SSSR count). The zero-order valence-electron chi connectivity index (χ0n) is 14.1. The molecule has 0 aromatic carbocycles. The molecule has 0 unspecified atom stereocenters. The van der Waals surface area contributed by atoms with Gasteiger partial charge in [0.25, 0.3) is 0 Å². The van der Waals surface area contributed by atoms with Crippen LogP contribution in [0.1, 0.15) is 18.2 Å². The van der Waals surface area contributed by atoms with Crippen molar-refractivity contribution in [1.82, 2.24) is 9.97 Å². The largest absolute Gasteiger partial charge is 0.487 e. The van der Waals surface area contributed by atoms with Crippen molar-refractivity contribution in [1.29, 1.82) is 0 Å². The van der Waals surface area contributed by atoms with Crippen LogP contribution in [0.25, 0.3) is 0 Å². The number of anilines is 1. The van der Waals surface area contributed by atoms with E-state index in [1.807, 2.05) is 0 Å². The van der Waals surface area contributed by atoms with Crippen LogP contribution in [-0.4, -0.2) is 16.5 Å². The lowest BCUT2D eigenvalue weighted by Crippen LogP contribution is -2.26. The number of nitrogens with zero attached hydrogens (tertiary/aromatic N) is 3. The Balaban J connectivity index is 1.75. The van der Waals surface area contributed by atoms with Gasteiger partial charge in [0.1, 0.15) is 23.9 Å². The summed E-state index contributed by atoms with van der Waals surface area (Å²) in [6.45, 7) is 3.74. The molecule has 0 aliphatic carbocycles. The number of rotatable bonds is 4. The zero-order chi connectivity index (χ0) is 18.8. The van der Waals surface area contributed by atoms with Gasteiger partial charge in [-0.3, -0.25) is 4.98 Å². The highest BCUT2D eigenvalue weighted by atomic mass is 35.5. The van der Waals surface area contributed by atoms with Gasteiger partial charge < -0.3 is 9.64 Å². The van der Waals surface area contributed by atoms with Gasteiger partial charge >= 0.3 is 0 Å². The Bertz CT molecular complexity index is 915. The van der Waals surface area contributed by atoms with E-state index in [-0.39, 0.29) is 17.5 Å².